The lowest BCUT2D eigenvalue weighted by atomic mass is 9.93. The molecule has 0 radical (unpaired) electrons. The molecule has 1 saturated heterocycles. The Hall–Kier alpha value is -2.77. The molecule has 0 aliphatic carbocycles. The van der Waals surface area contributed by atoms with Crippen molar-refractivity contribution in [2.24, 2.45) is 11.7 Å². The first-order valence-electron chi connectivity index (χ1n) is 8.65. The van der Waals surface area contributed by atoms with Crippen molar-refractivity contribution in [1.82, 2.24) is 20.1 Å². The smallest absolute Gasteiger partial charge is 0.156 e. The molecule has 7 heteroatoms. The van der Waals surface area contributed by atoms with Crippen LogP contribution in [0.25, 0.3) is 22.3 Å². The third-order valence-corrected chi connectivity index (χ3v) is 5.06. The summed E-state index contributed by atoms with van der Waals surface area (Å²) in [6.07, 6.45) is 0.981. The molecule has 2 aromatic heterocycles. The van der Waals surface area contributed by atoms with Gasteiger partial charge in [0.2, 0.25) is 0 Å². The number of aromatic hydroxyl groups is 1. The van der Waals surface area contributed by atoms with Crippen LogP contribution in [0, 0.1) is 12.8 Å². The number of fused-ring (bicyclic) bond motifs is 1. The van der Waals surface area contributed by atoms with E-state index < -0.39 is 0 Å². The number of phenols is 1. The van der Waals surface area contributed by atoms with E-state index in [0.717, 1.165) is 47.3 Å². The maximum atomic E-state index is 11.9. The number of aromatic amines is 1. The van der Waals surface area contributed by atoms with Gasteiger partial charge < -0.3 is 15.6 Å². The number of pyridine rings is 1. The molecule has 0 saturated carbocycles. The zero-order chi connectivity index (χ0) is 18.3. The van der Waals surface area contributed by atoms with E-state index in [4.69, 9.17) is 5.73 Å². The SMILES string of the molecule is Cc1n[nH]c2nc(-c3ccc(O)cc3)cc(C(C=O)N3CC(CN)C3)c12. The highest BCUT2D eigenvalue weighted by molar-refractivity contribution is 5.88. The number of benzene rings is 1. The van der Waals surface area contributed by atoms with Crippen LogP contribution in [0.15, 0.2) is 30.3 Å². The van der Waals surface area contributed by atoms with Crippen LogP contribution in [0.5, 0.6) is 5.75 Å². The van der Waals surface area contributed by atoms with Gasteiger partial charge in [0.05, 0.1) is 17.4 Å². The van der Waals surface area contributed by atoms with Gasteiger partial charge in [0.15, 0.2) is 5.65 Å². The van der Waals surface area contributed by atoms with E-state index in [1.165, 1.54) is 0 Å². The number of likely N-dealkylation sites (tertiary alicyclic amines) is 1. The Morgan fingerprint density at radius 3 is 2.77 bits per heavy atom. The van der Waals surface area contributed by atoms with Crippen molar-refractivity contribution >= 4 is 17.3 Å². The van der Waals surface area contributed by atoms with E-state index in [1.54, 1.807) is 24.3 Å². The summed E-state index contributed by atoms with van der Waals surface area (Å²) in [7, 11) is 0. The fourth-order valence-corrected chi connectivity index (χ4v) is 3.57. The second kappa shape index (κ2) is 6.51. The summed E-state index contributed by atoms with van der Waals surface area (Å²) in [4.78, 5) is 18.7. The zero-order valence-corrected chi connectivity index (χ0v) is 14.5. The normalized spacial score (nSPS) is 16.5. The molecule has 0 amide bonds. The van der Waals surface area contributed by atoms with Crippen LogP contribution in [0.3, 0.4) is 0 Å². The van der Waals surface area contributed by atoms with Crippen molar-refractivity contribution in [2.45, 2.75) is 13.0 Å². The summed E-state index contributed by atoms with van der Waals surface area (Å²) in [6, 6.07) is 8.46. The van der Waals surface area contributed by atoms with E-state index in [1.807, 2.05) is 13.0 Å². The molecule has 3 aromatic rings. The zero-order valence-electron chi connectivity index (χ0n) is 14.5. The quantitative estimate of drug-likeness (QED) is 0.605. The Bertz CT molecular complexity index is 944. The lowest BCUT2D eigenvalue weighted by molar-refractivity contribution is -0.115. The van der Waals surface area contributed by atoms with Crippen LogP contribution in [-0.4, -0.2) is 51.1 Å². The van der Waals surface area contributed by atoms with Gasteiger partial charge in [-0.1, -0.05) is 0 Å². The van der Waals surface area contributed by atoms with Crippen molar-refractivity contribution in [3.8, 4) is 17.0 Å². The van der Waals surface area contributed by atoms with E-state index in [0.29, 0.717) is 18.1 Å². The van der Waals surface area contributed by atoms with Gasteiger partial charge in [0, 0.05) is 24.0 Å². The minimum Gasteiger partial charge on any atom is -0.508 e. The molecule has 1 atom stereocenters. The second-order valence-electron chi connectivity index (χ2n) is 6.81. The summed E-state index contributed by atoms with van der Waals surface area (Å²) >= 11 is 0. The predicted octanol–water partition coefficient (Wildman–Crippen LogP) is 1.77. The van der Waals surface area contributed by atoms with Crippen LogP contribution >= 0.6 is 0 Å². The molecule has 7 nitrogen and oxygen atoms in total. The number of hydrogen-bond acceptors (Lipinski definition) is 6. The number of aromatic nitrogens is 3. The van der Waals surface area contributed by atoms with E-state index in [9.17, 15) is 9.90 Å². The summed E-state index contributed by atoms with van der Waals surface area (Å²) in [5.41, 5.74) is 9.71. The number of aldehydes is 1. The summed E-state index contributed by atoms with van der Waals surface area (Å²) in [6.45, 7) is 4.17. The average molecular weight is 351 g/mol. The third-order valence-electron chi connectivity index (χ3n) is 5.06. The van der Waals surface area contributed by atoms with Gasteiger partial charge in [0.1, 0.15) is 12.0 Å². The highest BCUT2D eigenvalue weighted by Crippen LogP contribution is 2.34. The first-order chi connectivity index (χ1) is 12.6. The van der Waals surface area contributed by atoms with Gasteiger partial charge in [-0.05, 0) is 55.3 Å². The molecule has 0 spiro atoms. The van der Waals surface area contributed by atoms with Gasteiger partial charge in [-0.15, -0.1) is 0 Å². The molecule has 1 aliphatic rings. The lowest BCUT2D eigenvalue weighted by Crippen LogP contribution is -2.51. The number of nitrogens with zero attached hydrogens (tertiary/aromatic N) is 3. The molecule has 4 rings (SSSR count). The van der Waals surface area contributed by atoms with Crippen molar-refractivity contribution in [1.29, 1.82) is 0 Å². The van der Waals surface area contributed by atoms with Crippen LogP contribution in [0.2, 0.25) is 0 Å². The molecule has 26 heavy (non-hydrogen) atoms. The molecule has 1 fully saturated rings. The Morgan fingerprint density at radius 1 is 1.38 bits per heavy atom. The molecule has 4 N–H and O–H groups in total. The number of rotatable bonds is 5. The van der Waals surface area contributed by atoms with Crippen molar-refractivity contribution < 1.29 is 9.90 Å². The topological polar surface area (TPSA) is 108 Å². The number of hydrogen-bond donors (Lipinski definition) is 3. The first kappa shape index (κ1) is 16.7. The molecule has 1 unspecified atom stereocenters. The van der Waals surface area contributed by atoms with Crippen LogP contribution in [-0.2, 0) is 4.79 Å². The molecule has 3 heterocycles. The van der Waals surface area contributed by atoms with Gasteiger partial charge >= 0.3 is 0 Å². The number of phenolic OH excluding ortho intramolecular Hbond substituents is 1. The maximum absolute atomic E-state index is 11.9. The summed E-state index contributed by atoms with van der Waals surface area (Å²) in [5, 5.41) is 17.6. The number of aryl methyl sites for hydroxylation is 1. The highest BCUT2D eigenvalue weighted by Gasteiger charge is 2.33. The number of nitrogens with one attached hydrogen (secondary N) is 1. The maximum Gasteiger partial charge on any atom is 0.156 e. The van der Waals surface area contributed by atoms with Gasteiger partial charge in [-0.25, -0.2) is 4.98 Å². The number of H-pyrrole nitrogens is 1. The predicted molar refractivity (Wildman–Crippen MR) is 98.6 cm³/mol. The van der Waals surface area contributed by atoms with E-state index >= 15 is 0 Å². The standard InChI is InChI=1S/C19H21N5O2/c1-11-18-15(17(10-25)24-8-12(7-20)9-24)6-16(21-19(18)23-22-11)13-2-4-14(26)5-3-13/h2-6,10,12,17,26H,7-9,20H2,1H3,(H,21,22,23). The van der Waals surface area contributed by atoms with E-state index in [-0.39, 0.29) is 11.8 Å². The van der Waals surface area contributed by atoms with Crippen molar-refractivity contribution in [2.75, 3.05) is 19.6 Å². The fraction of sp³-hybridized carbons (Fsp3) is 0.316. The Kier molecular flexibility index (Phi) is 4.18. The van der Waals surface area contributed by atoms with Crippen LogP contribution in [0.1, 0.15) is 17.3 Å². The second-order valence-corrected chi connectivity index (χ2v) is 6.81. The van der Waals surface area contributed by atoms with Gasteiger partial charge in [0.25, 0.3) is 0 Å². The van der Waals surface area contributed by atoms with Crippen molar-refractivity contribution in [3.05, 3.63) is 41.6 Å². The molecule has 134 valence electrons. The number of carbonyl (C=O) groups is 1. The lowest BCUT2D eigenvalue weighted by Gasteiger charge is -2.42. The Morgan fingerprint density at radius 2 is 2.12 bits per heavy atom. The molecule has 1 aliphatic heterocycles. The minimum absolute atomic E-state index is 0.201. The molecule has 1 aromatic carbocycles. The van der Waals surface area contributed by atoms with E-state index in [2.05, 4.69) is 20.1 Å². The minimum atomic E-state index is -0.351. The highest BCUT2D eigenvalue weighted by atomic mass is 16.3. The Balaban J connectivity index is 1.82. The molecular formula is C19H21N5O2. The first-order valence-corrected chi connectivity index (χ1v) is 8.65. The van der Waals surface area contributed by atoms with Gasteiger partial charge in [-0.3, -0.25) is 10.00 Å². The van der Waals surface area contributed by atoms with Crippen molar-refractivity contribution in [3.63, 3.8) is 0 Å². The largest absolute Gasteiger partial charge is 0.508 e. The third kappa shape index (κ3) is 2.75. The number of carbonyl (C=O) groups excluding carboxylic acids is 1. The molecule has 0 bridgehead atoms. The van der Waals surface area contributed by atoms with Gasteiger partial charge in [-0.2, -0.15) is 5.10 Å². The average Bonchev–Trinajstić information content (AvgIpc) is 2.99. The van der Waals surface area contributed by atoms with Crippen LogP contribution in [0.4, 0.5) is 0 Å². The summed E-state index contributed by atoms with van der Waals surface area (Å²) < 4.78 is 0. The Labute approximate surface area is 150 Å². The fourth-order valence-electron chi connectivity index (χ4n) is 3.57. The molecular weight excluding hydrogens is 330 g/mol. The monoisotopic (exact) mass is 351 g/mol. The summed E-state index contributed by atoms with van der Waals surface area (Å²) in [5.74, 6) is 0.642. The number of nitrogens with two attached hydrogens (primary N) is 1. The van der Waals surface area contributed by atoms with Crippen LogP contribution < -0.4 is 5.73 Å².